The topological polar surface area (TPSA) is 35.5 Å². The lowest BCUT2D eigenvalue weighted by molar-refractivity contribution is -0.151. The van der Waals surface area contributed by atoms with E-state index in [1.807, 2.05) is 6.92 Å². The first-order valence-corrected chi connectivity index (χ1v) is 4.47. The second-order valence-corrected chi connectivity index (χ2v) is 2.93. The number of hydrogen-bond acceptors (Lipinski definition) is 3. The van der Waals surface area contributed by atoms with E-state index >= 15 is 0 Å². The van der Waals surface area contributed by atoms with Gasteiger partial charge in [-0.25, -0.2) is 0 Å². The van der Waals surface area contributed by atoms with Gasteiger partial charge in [-0.15, -0.1) is 0 Å². The maximum absolute atomic E-state index is 11.0. The number of ether oxygens (including phenoxy) is 2. The largest absolute Gasteiger partial charge is 0.459 e. The summed E-state index contributed by atoms with van der Waals surface area (Å²) in [4.78, 5) is 11.0. The summed E-state index contributed by atoms with van der Waals surface area (Å²) in [6.45, 7) is 4.33. The molecule has 69 valence electrons. The van der Waals surface area contributed by atoms with Gasteiger partial charge in [0.05, 0.1) is 0 Å². The minimum atomic E-state index is -0.121. The molecule has 12 heavy (non-hydrogen) atoms. The molecule has 3 nitrogen and oxygen atoms in total. The predicted molar refractivity (Wildman–Crippen MR) is 44.3 cm³/mol. The first-order valence-electron chi connectivity index (χ1n) is 4.47. The van der Waals surface area contributed by atoms with Crippen molar-refractivity contribution in [2.45, 2.75) is 38.7 Å². The van der Waals surface area contributed by atoms with Crippen molar-refractivity contribution in [2.24, 2.45) is 0 Å². The lowest BCUT2D eigenvalue weighted by Gasteiger charge is -2.21. The summed E-state index contributed by atoms with van der Waals surface area (Å²) in [5, 5.41) is 0. The maximum Gasteiger partial charge on any atom is 0.306 e. The van der Waals surface area contributed by atoms with E-state index in [0.717, 1.165) is 25.9 Å². The van der Waals surface area contributed by atoms with Gasteiger partial charge >= 0.3 is 5.97 Å². The van der Waals surface area contributed by atoms with E-state index in [4.69, 9.17) is 9.47 Å². The average Bonchev–Trinajstić information content (AvgIpc) is 2.06. The van der Waals surface area contributed by atoms with Gasteiger partial charge in [0.1, 0.15) is 12.7 Å². The molecular weight excluding hydrogens is 156 g/mol. The zero-order valence-electron chi connectivity index (χ0n) is 7.41. The second kappa shape index (κ2) is 5.14. The Kier molecular flexibility index (Phi) is 4.08. The molecule has 1 radical (unpaired) electrons. The summed E-state index contributed by atoms with van der Waals surface area (Å²) in [7, 11) is 0. The van der Waals surface area contributed by atoms with Crippen LogP contribution in [0.2, 0.25) is 0 Å². The van der Waals surface area contributed by atoms with Gasteiger partial charge < -0.3 is 9.47 Å². The molecule has 1 aliphatic rings. The van der Waals surface area contributed by atoms with Gasteiger partial charge in [-0.1, -0.05) is 6.92 Å². The smallest absolute Gasteiger partial charge is 0.306 e. The van der Waals surface area contributed by atoms with Gasteiger partial charge in [-0.05, 0) is 19.3 Å². The van der Waals surface area contributed by atoms with Gasteiger partial charge in [0.2, 0.25) is 0 Å². The van der Waals surface area contributed by atoms with Crippen LogP contribution in [-0.4, -0.2) is 18.7 Å². The zero-order valence-corrected chi connectivity index (χ0v) is 7.41. The molecule has 0 aromatic rings. The van der Waals surface area contributed by atoms with Gasteiger partial charge in [-0.2, -0.15) is 0 Å². The van der Waals surface area contributed by atoms with Gasteiger partial charge in [0.25, 0.3) is 0 Å². The molecular formula is C9H15O3. The monoisotopic (exact) mass is 171 g/mol. The fourth-order valence-electron chi connectivity index (χ4n) is 1.13. The molecule has 0 unspecified atom stereocenters. The van der Waals surface area contributed by atoms with Gasteiger partial charge in [0.15, 0.2) is 0 Å². The van der Waals surface area contributed by atoms with Crippen LogP contribution in [0.15, 0.2) is 0 Å². The van der Waals surface area contributed by atoms with Crippen molar-refractivity contribution in [3.63, 3.8) is 0 Å². The molecule has 0 spiro atoms. The molecule has 0 aliphatic carbocycles. The first kappa shape index (κ1) is 9.52. The van der Waals surface area contributed by atoms with Crippen LogP contribution >= 0.6 is 0 Å². The summed E-state index contributed by atoms with van der Waals surface area (Å²) in [6, 6.07) is 0. The Morgan fingerprint density at radius 1 is 1.75 bits per heavy atom. The Balaban J connectivity index is 2.15. The SMILES string of the molecule is CCCC(=O)O[C@@H]1[CH]OCCC1. The van der Waals surface area contributed by atoms with Crippen LogP contribution in [-0.2, 0) is 14.3 Å². The first-order chi connectivity index (χ1) is 5.83. The third-order valence-corrected chi connectivity index (χ3v) is 1.74. The number of esters is 1. The van der Waals surface area contributed by atoms with Crippen LogP contribution < -0.4 is 0 Å². The predicted octanol–water partition coefficient (Wildman–Crippen LogP) is 1.67. The summed E-state index contributed by atoms with van der Waals surface area (Å²) < 4.78 is 10.2. The Labute approximate surface area is 73.0 Å². The molecule has 1 saturated heterocycles. The molecule has 0 aromatic carbocycles. The second-order valence-electron chi connectivity index (χ2n) is 2.93. The number of carbonyl (C=O) groups is 1. The Bertz CT molecular complexity index is 139. The lowest BCUT2D eigenvalue weighted by atomic mass is 10.2. The van der Waals surface area contributed by atoms with E-state index in [0.29, 0.717) is 6.42 Å². The highest BCUT2D eigenvalue weighted by atomic mass is 16.6. The summed E-state index contributed by atoms with van der Waals surface area (Å²) in [5.41, 5.74) is 0. The molecule has 1 rings (SSSR count). The molecule has 0 saturated carbocycles. The minimum Gasteiger partial charge on any atom is -0.459 e. The van der Waals surface area contributed by atoms with Crippen molar-refractivity contribution >= 4 is 5.97 Å². The molecule has 3 heteroatoms. The summed E-state index contributed by atoms with van der Waals surface area (Å²) >= 11 is 0. The van der Waals surface area contributed by atoms with Crippen molar-refractivity contribution in [2.75, 3.05) is 6.61 Å². The van der Waals surface area contributed by atoms with Crippen LogP contribution in [0.4, 0.5) is 0 Å². The van der Waals surface area contributed by atoms with Gasteiger partial charge in [0, 0.05) is 13.0 Å². The number of hydrogen-bond donors (Lipinski definition) is 0. The van der Waals surface area contributed by atoms with E-state index in [1.165, 1.54) is 0 Å². The molecule has 0 amide bonds. The van der Waals surface area contributed by atoms with E-state index in [2.05, 4.69) is 0 Å². The fraction of sp³-hybridized carbons (Fsp3) is 0.778. The third-order valence-electron chi connectivity index (χ3n) is 1.74. The van der Waals surface area contributed by atoms with Crippen LogP contribution in [0.1, 0.15) is 32.6 Å². The van der Waals surface area contributed by atoms with E-state index in [-0.39, 0.29) is 12.1 Å². The lowest BCUT2D eigenvalue weighted by Crippen LogP contribution is -2.24. The number of carbonyl (C=O) groups excluding carboxylic acids is 1. The molecule has 1 aliphatic heterocycles. The minimum absolute atomic E-state index is 0.113. The number of rotatable bonds is 3. The summed E-state index contributed by atoms with van der Waals surface area (Å²) in [5.74, 6) is -0.121. The zero-order chi connectivity index (χ0) is 8.81. The average molecular weight is 171 g/mol. The van der Waals surface area contributed by atoms with E-state index in [1.54, 1.807) is 6.61 Å². The van der Waals surface area contributed by atoms with E-state index < -0.39 is 0 Å². The van der Waals surface area contributed by atoms with Crippen molar-refractivity contribution in [1.29, 1.82) is 0 Å². The standard InChI is InChI=1S/C9H15O3/c1-2-4-9(10)12-8-5-3-6-11-7-8/h7-8H,2-6H2,1H3/t8-/m0/s1. The highest BCUT2D eigenvalue weighted by Crippen LogP contribution is 2.14. The third kappa shape index (κ3) is 3.22. The molecule has 1 heterocycles. The van der Waals surface area contributed by atoms with Crippen molar-refractivity contribution < 1.29 is 14.3 Å². The highest BCUT2D eigenvalue weighted by Gasteiger charge is 2.17. The molecule has 0 aromatic heterocycles. The van der Waals surface area contributed by atoms with Crippen molar-refractivity contribution in [3.05, 3.63) is 6.61 Å². The van der Waals surface area contributed by atoms with Crippen LogP contribution in [0.5, 0.6) is 0 Å². The molecule has 1 atom stereocenters. The van der Waals surface area contributed by atoms with Crippen molar-refractivity contribution in [1.82, 2.24) is 0 Å². The summed E-state index contributed by atoms with van der Waals surface area (Å²) in [6.07, 6.45) is 3.10. The Hall–Kier alpha value is -0.570. The molecule has 1 fully saturated rings. The maximum atomic E-state index is 11.0. The van der Waals surface area contributed by atoms with Crippen LogP contribution in [0, 0.1) is 6.61 Å². The highest BCUT2D eigenvalue weighted by molar-refractivity contribution is 5.69. The Morgan fingerprint density at radius 3 is 3.17 bits per heavy atom. The Morgan fingerprint density at radius 2 is 2.58 bits per heavy atom. The van der Waals surface area contributed by atoms with Crippen molar-refractivity contribution in [3.8, 4) is 0 Å². The fourth-order valence-corrected chi connectivity index (χ4v) is 1.13. The van der Waals surface area contributed by atoms with Crippen LogP contribution in [0.25, 0.3) is 0 Å². The molecule has 0 bridgehead atoms. The van der Waals surface area contributed by atoms with Crippen LogP contribution in [0.3, 0.4) is 0 Å². The normalized spacial score (nSPS) is 23.6. The quantitative estimate of drug-likeness (QED) is 0.606. The van der Waals surface area contributed by atoms with E-state index in [9.17, 15) is 4.79 Å². The van der Waals surface area contributed by atoms with Gasteiger partial charge in [-0.3, -0.25) is 4.79 Å². The molecule has 0 N–H and O–H groups in total.